The summed E-state index contributed by atoms with van der Waals surface area (Å²) in [6, 6.07) is 22.0. The Hall–Kier alpha value is -4.06. The van der Waals surface area contributed by atoms with Crippen molar-refractivity contribution >= 4 is 50.7 Å². The molecular formula is C37H36Cl2F3N3O4S. The van der Waals surface area contributed by atoms with Crippen molar-refractivity contribution in [2.45, 2.75) is 68.7 Å². The van der Waals surface area contributed by atoms with Gasteiger partial charge in [-0.3, -0.25) is 13.9 Å². The minimum absolute atomic E-state index is 0.0570. The van der Waals surface area contributed by atoms with Crippen molar-refractivity contribution in [3.63, 3.8) is 0 Å². The van der Waals surface area contributed by atoms with E-state index in [-0.39, 0.29) is 39.6 Å². The quantitative estimate of drug-likeness (QED) is 0.158. The van der Waals surface area contributed by atoms with E-state index in [0.29, 0.717) is 15.9 Å². The first-order valence-electron chi connectivity index (χ1n) is 16.1. The number of hydrogen-bond acceptors (Lipinski definition) is 4. The minimum atomic E-state index is -4.79. The highest BCUT2D eigenvalue weighted by Crippen LogP contribution is 2.34. The predicted octanol–water partition coefficient (Wildman–Crippen LogP) is 8.21. The molecule has 0 spiro atoms. The van der Waals surface area contributed by atoms with Gasteiger partial charge in [-0.15, -0.1) is 0 Å². The van der Waals surface area contributed by atoms with Crippen LogP contribution in [-0.4, -0.2) is 43.8 Å². The van der Waals surface area contributed by atoms with Gasteiger partial charge in [0.05, 0.1) is 16.1 Å². The van der Waals surface area contributed by atoms with Crippen LogP contribution >= 0.6 is 23.2 Å². The standard InChI is InChI=1S/C37H36Cl2F3N3O4S/c1-25-17-19-30(20-18-25)50(48,49)45(29-14-7-11-27(22-29)37(40,41)42)24-35(46)44(23-31-32(38)15-8-16-33(31)39)34(21-26-9-3-2-4-10-26)36(47)43-28-12-5-6-13-28/h2-4,7-11,14-20,22,28,34H,5-6,12-13,21,23-24H2,1H3,(H,43,47)/t34-/m0/s1. The molecule has 1 saturated carbocycles. The van der Waals surface area contributed by atoms with Crippen LogP contribution in [0.2, 0.25) is 10.0 Å². The van der Waals surface area contributed by atoms with Gasteiger partial charge in [-0.25, -0.2) is 8.42 Å². The topological polar surface area (TPSA) is 86.8 Å². The van der Waals surface area contributed by atoms with E-state index in [9.17, 15) is 31.2 Å². The van der Waals surface area contributed by atoms with Crippen molar-refractivity contribution in [2.24, 2.45) is 0 Å². The van der Waals surface area contributed by atoms with Gasteiger partial charge >= 0.3 is 6.18 Å². The fourth-order valence-electron chi connectivity index (χ4n) is 5.98. The summed E-state index contributed by atoms with van der Waals surface area (Å²) in [5, 5.41) is 3.49. The molecule has 0 unspecified atom stereocenters. The van der Waals surface area contributed by atoms with Crippen molar-refractivity contribution < 1.29 is 31.2 Å². The Morgan fingerprint density at radius 3 is 2.12 bits per heavy atom. The molecule has 4 aromatic carbocycles. The van der Waals surface area contributed by atoms with Crippen LogP contribution < -0.4 is 9.62 Å². The molecule has 1 aliphatic carbocycles. The smallest absolute Gasteiger partial charge is 0.352 e. The molecule has 2 amide bonds. The van der Waals surface area contributed by atoms with Crippen molar-refractivity contribution in [2.75, 3.05) is 10.8 Å². The predicted molar refractivity (Wildman–Crippen MR) is 188 cm³/mol. The number of sulfonamides is 1. The number of benzene rings is 4. The van der Waals surface area contributed by atoms with Gasteiger partial charge in [-0.05, 0) is 67.8 Å². The van der Waals surface area contributed by atoms with E-state index in [4.69, 9.17) is 23.2 Å². The van der Waals surface area contributed by atoms with E-state index < -0.39 is 46.2 Å². The van der Waals surface area contributed by atoms with Gasteiger partial charge in [0.25, 0.3) is 10.0 Å². The van der Waals surface area contributed by atoms with Gasteiger partial charge in [0, 0.05) is 34.6 Å². The number of rotatable bonds is 12. The Labute approximate surface area is 300 Å². The highest BCUT2D eigenvalue weighted by molar-refractivity contribution is 7.92. The molecule has 0 aromatic heterocycles. The van der Waals surface area contributed by atoms with Crippen LogP contribution in [0, 0.1) is 6.92 Å². The molecule has 0 aliphatic heterocycles. The molecule has 13 heteroatoms. The number of alkyl halides is 3. The van der Waals surface area contributed by atoms with Gasteiger partial charge in [-0.1, -0.05) is 96.2 Å². The summed E-state index contributed by atoms with van der Waals surface area (Å²) in [6.45, 7) is 0.543. The maximum Gasteiger partial charge on any atom is 0.416 e. The summed E-state index contributed by atoms with van der Waals surface area (Å²) >= 11 is 13.1. The fourth-order valence-corrected chi connectivity index (χ4v) is 7.90. The van der Waals surface area contributed by atoms with E-state index in [1.165, 1.54) is 23.1 Å². The molecule has 1 N–H and O–H groups in total. The third-order valence-electron chi connectivity index (χ3n) is 8.71. The Morgan fingerprint density at radius 1 is 0.880 bits per heavy atom. The van der Waals surface area contributed by atoms with Crippen LogP contribution in [0.1, 0.15) is 47.9 Å². The second-order valence-electron chi connectivity index (χ2n) is 12.3. The second kappa shape index (κ2) is 15.9. The second-order valence-corrected chi connectivity index (χ2v) is 15.0. The molecule has 0 heterocycles. The zero-order valence-electron chi connectivity index (χ0n) is 27.2. The maximum atomic E-state index is 14.7. The summed E-state index contributed by atoms with van der Waals surface area (Å²) in [4.78, 5) is 29.8. The average molecular weight is 747 g/mol. The molecule has 50 heavy (non-hydrogen) atoms. The van der Waals surface area contributed by atoms with Crippen LogP contribution in [0.4, 0.5) is 18.9 Å². The maximum absolute atomic E-state index is 14.7. The molecule has 5 rings (SSSR count). The van der Waals surface area contributed by atoms with Gasteiger partial charge in [0.15, 0.2) is 0 Å². The molecular weight excluding hydrogens is 710 g/mol. The molecule has 264 valence electrons. The molecule has 1 atom stereocenters. The third kappa shape index (κ3) is 8.99. The molecule has 1 fully saturated rings. The first-order chi connectivity index (χ1) is 23.7. The summed E-state index contributed by atoms with van der Waals surface area (Å²) < 4.78 is 70.6. The number of hydrogen-bond donors (Lipinski definition) is 1. The number of amides is 2. The summed E-state index contributed by atoms with van der Waals surface area (Å²) in [7, 11) is -4.61. The average Bonchev–Trinajstić information content (AvgIpc) is 3.59. The van der Waals surface area contributed by atoms with Gasteiger partial charge in [0.1, 0.15) is 12.6 Å². The zero-order valence-corrected chi connectivity index (χ0v) is 29.5. The van der Waals surface area contributed by atoms with Crippen LogP contribution in [0.25, 0.3) is 0 Å². The zero-order chi connectivity index (χ0) is 36.1. The lowest BCUT2D eigenvalue weighted by Gasteiger charge is -2.34. The highest BCUT2D eigenvalue weighted by atomic mass is 35.5. The summed E-state index contributed by atoms with van der Waals surface area (Å²) in [5.41, 5.74) is 0.334. The summed E-state index contributed by atoms with van der Waals surface area (Å²) in [6.07, 6.45) is -1.31. The Balaban J connectivity index is 1.62. The lowest BCUT2D eigenvalue weighted by Crippen LogP contribution is -2.54. The Kier molecular flexibility index (Phi) is 11.8. The number of nitrogens with zero attached hydrogens (tertiary/aromatic N) is 2. The molecule has 1 aliphatic rings. The SMILES string of the molecule is Cc1ccc(S(=O)(=O)N(CC(=O)N(Cc2c(Cl)cccc2Cl)[C@@H](Cc2ccccc2)C(=O)NC2CCCC2)c2cccc(C(F)(F)F)c2)cc1. The first kappa shape index (κ1) is 37.2. The Bertz CT molecular complexity index is 1900. The lowest BCUT2D eigenvalue weighted by molar-refractivity contribution is -0.140. The highest BCUT2D eigenvalue weighted by Gasteiger charge is 2.37. The van der Waals surface area contributed by atoms with Crippen LogP contribution in [0.3, 0.4) is 0 Å². The van der Waals surface area contributed by atoms with Crippen LogP contribution in [0.5, 0.6) is 0 Å². The number of carbonyl (C=O) groups is 2. The summed E-state index contributed by atoms with van der Waals surface area (Å²) in [5.74, 6) is -1.30. The first-order valence-corrected chi connectivity index (χ1v) is 18.3. The Morgan fingerprint density at radius 2 is 1.50 bits per heavy atom. The normalized spacial score (nSPS) is 14.3. The number of anilines is 1. The number of halogens is 5. The minimum Gasteiger partial charge on any atom is -0.352 e. The van der Waals surface area contributed by atoms with Crippen molar-refractivity contribution in [3.05, 3.63) is 129 Å². The van der Waals surface area contributed by atoms with Crippen molar-refractivity contribution in [1.29, 1.82) is 0 Å². The van der Waals surface area contributed by atoms with Crippen molar-refractivity contribution in [3.8, 4) is 0 Å². The molecule has 0 saturated heterocycles. The van der Waals surface area contributed by atoms with E-state index in [0.717, 1.165) is 48.9 Å². The number of nitrogens with one attached hydrogen (secondary N) is 1. The van der Waals surface area contributed by atoms with Gasteiger partial charge < -0.3 is 10.2 Å². The monoisotopic (exact) mass is 745 g/mol. The molecule has 0 radical (unpaired) electrons. The third-order valence-corrected chi connectivity index (χ3v) is 11.2. The van der Waals surface area contributed by atoms with E-state index in [2.05, 4.69) is 5.32 Å². The largest absolute Gasteiger partial charge is 0.416 e. The molecule has 7 nitrogen and oxygen atoms in total. The van der Waals surface area contributed by atoms with E-state index in [1.54, 1.807) is 61.5 Å². The fraction of sp³-hybridized carbons (Fsp3) is 0.297. The van der Waals surface area contributed by atoms with E-state index in [1.807, 2.05) is 6.07 Å². The van der Waals surface area contributed by atoms with Crippen molar-refractivity contribution in [1.82, 2.24) is 10.2 Å². The number of aryl methyl sites for hydroxylation is 1. The van der Waals surface area contributed by atoms with Crippen LogP contribution in [-0.2, 0) is 38.8 Å². The molecule has 4 aromatic rings. The lowest BCUT2D eigenvalue weighted by atomic mass is 10.0. The van der Waals surface area contributed by atoms with Gasteiger partial charge in [0.2, 0.25) is 11.8 Å². The number of carbonyl (C=O) groups excluding carboxylic acids is 2. The van der Waals surface area contributed by atoms with E-state index >= 15 is 0 Å². The van der Waals surface area contributed by atoms with Crippen LogP contribution in [0.15, 0.2) is 102 Å². The molecule has 0 bridgehead atoms. The van der Waals surface area contributed by atoms with Gasteiger partial charge in [-0.2, -0.15) is 13.2 Å².